The normalized spacial score (nSPS) is 23.2. The van der Waals surface area contributed by atoms with Crippen molar-refractivity contribution in [1.29, 1.82) is 0 Å². The lowest BCUT2D eigenvalue weighted by molar-refractivity contribution is -0.342. The Hall–Kier alpha value is -1.05. The third-order valence-corrected chi connectivity index (χ3v) is 1.11. The Kier molecular flexibility index (Phi) is 2.60. The Morgan fingerprint density at radius 2 is 2.15 bits per heavy atom. The van der Waals surface area contributed by atoms with Crippen LogP contribution in [0, 0.1) is 0 Å². The molecule has 0 saturated carbocycles. The molecule has 4 nitrogen and oxygen atoms in total. The van der Waals surface area contributed by atoms with Gasteiger partial charge in [0.2, 0.25) is 6.29 Å². The van der Waals surface area contributed by atoms with E-state index < -0.39 is 31.6 Å². The molecule has 1 fully saturated rings. The molecule has 1 atom stereocenters. The standard InChI is InChI=1S/C5H4F4O4/c6-3(7)5(8,9)13-2-1-11-4(10)12-2/h2-3H,1H2. The van der Waals surface area contributed by atoms with Crippen molar-refractivity contribution in [3.05, 3.63) is 0 Å². The van der Waals surface area contributed by atoms with Crippen LogP contribution in [0.3, 0.4) is 0 Å². The van der Waals surface area contributed by atoms with E-state index in [1.54, 1.807) is 0 Å². The summed E-state index contributed by atoms with van der Waals surface area (Å²) in [7, 11) is 0. The van der Waals surface area contributed by atoms with Gasteiger partial charge < -0.3 is 9.47 Å². The van der Waals surface area contributed by atoms with Crippen molar-refractivity contribution in [2.24, 2.45) is 0 Å². The molecule has 0 aromatic carbocycles. The molecule has 0 aliphatic carbocycles. The summed E-state index contributed by atoms with van der Waals surface area (Å²) in [6.07, 6.45) is -11.6. The largest absolute Gasteiger partial charge is 0.510 e. The first kappa shape index (κ1) is 10.0. The monoisotopic (exact) mass is 204 g/mol. The van der Waals surface area contributed by atoms with Crippen molar-refractivity contribution in [1.82, 2.24) is 0 Å². The van der Waals surface area contributed by atoms with E-state index in [4.69, 9.17) is 0 Å². The number of cyclic esters (lactones) is 2. The molecule has 0 spiro atoms. The first-order valence-electron chi connectivity index (χ1n) is 3.09. The van der Waals surface area contributed by atoms with Crippen LogP contribution in [0.1, 0.15) is 0 Å². The van der Waals surface area contributed by atoms with Crippen molar-refractivity contribution >= 4 is 6.16 Å². The topological polar surface area (TPSA) is 44.8 Å². The van der Waals surface area contributed by atoms with Crippen LogP contribution in [-0.2, 0) is 14.2 Å². The van der Waals surface area contributed by atoms with Crippen LogP contribution in [0.4, 0.5) is 22.4 Å². The summed E-state index contributed by atoms with van der Waals surface area (Å²) in [5.41, 5.74) is 0. The van der Waals surface area contributed by atoms with E-state index in [0.717, 1.165) is 0 Å². The number of carbonyl (C=O) groups excluding carboxylic acids is 1. The number of rotatable bonds is 3. The molecule has 1 aliphatic rings. The smallest absolute Gasteiger partial charge is 0.428 e. The van der Waals surface area contributed by atoms with Gasteiger partial charge in [0.25, 0.3) is 0 Å². The Morgan fingerprint density at radius 1 is 1.54 bits per heavy atom. The second-order valence-corrected chi connectivity index (χ2v) is 2.09. The molecular formula is C5H4F4O4. The van der Waals surface area contributed by atoms with Crippen molar-refractivity contribution < 1.29 is 36.6 Å². The SMILES string of the molecule is O=C1OCC(OC(F)(F)C(F)F)O1. The molecule has 0 aromatic rings. The van der Waals surface area contributed by atoms with Gasteiger partial charge in [0.15, 0.2) is 6.61 Å². The maximum Gasteiger partial charge on any atom is 0.510 e. The second kappa shape index (κ2) is 3.36. The fourth-order valence-electron chi connectivity index (χ4n) is 0.596. The van der Waals surface area contributed by atoms with Gasteiger partial charge in [0.1, 0.15) is 0 Å². The maximum absolute atomic E-state index is 12.1. The molecule has 0 bridgehead atoms. The first-order valence-corrected chi connectivity index (χ1v) is 3.09. The molecule has 76 valence electrons. The highest BCUT2D eigenvalue weighted by molar-refractivity contribution is 5.61. The number of hydrogen-bond acceptors (Lipinski definition) is 4. The van der Waals surface area contributed by atoms with E-state index >= 15 is 0 Å². The van der Waals surface area contributed by atoms with E-state index in [0.29, 0.717) is 0 Å². The van der Waals surface area contributed by atoms with E-state index in [1.807, 2.05) is 0 Å². The fourth-order valence-corrected chi connectivity index (χ4v) is 0.596. The predicted molar refractivity (Wildman–Crippen MR) is 28.3 cm³/mol. The minimum absolute atomic E-state index is 0.624. The van der Waals surface area contributed by atoms with E-state index in [1.165, 1.54) is 0 Å². The lowest BCUT2D eigenvalue weighted by atomic mass is 10.6. The fraction of sp³-hybridized carbons (Fsp3) is 0.800. The quantitative estimate of drug-likeness (QED) is 0.514. The number of carbonyl (C=O) groups is 1. The Balaban J connectivity index is 2.44. The summed E-state index contributed by atoms with van der Waals surface area (Å²) < 4.78 is 58.7. The van der Waals surface area contributed by atoms with Gasteiger partial charge in [0.05, 0.1) is 0 Å². The van der Waals surface area contributed by atoms with Gasteiger partial charge in [-0.2, -0.15) is 8.78 Å². The molecule has 13 heavy (non-hydrogen) atoms. The zero-order valence-electron chi connectivity index (χ0n) is 6.01. The highest BCUT2D eigenvalue weighted by Gasteiger charge is 2.47. The molecule has 0 radical (unpaired) electrons. The zero-order valence-corrected chi connectivity index (χ0v) is 6.01. The molecule has 0 N–H and O–H groups in total. The predicted octanol–water partition coefficient (Wildman–Crippen LogP) is 1.35. The molecule has 1 saturated heterocycles. The summed E-state index contributed by atoms with van der Waals surface area (Å²) in [6.45, 7) is -0.624. The van der Waals surface area contributed by atoms with E-state index in [-0.39, 0.29) is 0 Å². The molecule has 1 rings (SSSR count). The van der Waals surface area contributed by atoms with Gasteiger partial charge in [-0.1, -0.05) is 0 Å². The highest BCUT2D eigenvalue weighted by Crippen LogP contribution is 2.27. The molecule has 1 unspecified atom stereocenters. The molecule has 8 heteroatoms. The van der Waals surface area contributed by atoms with E-state index in [2.05, 4.69) is 14.2 Å². The summed E-state index contributed by atoms with van der Waals surface area (Å²) in [5, 5.41) is 0. The van der Waals surface area contributed by atoms with E-state index in [9.17, 15) is 22.4 Å². The lowest BCUT2D eigenvalue weighted by Crippen LogP contribution is -2.35. The maximum atomic E-state index is 12.1. The number of ether oxygens (including phenoxy) is 3. The van der Waals surface area contributed by atoms with Gasteiger partial charge in [-0.3, -0.25) is 4.74 Å². The average Bonchev–Trinajstić information content (AvgIpc) is 2.34. The average molecular weight is 204 g/mol. The molecule has 1 heterocycles. The third kappa shape index (κ3) is 2.44. The Morgan fingerprint density at radius 3 is 2.54 bits per heavy atom. The number of alkyl halides is 4. The van der Waals surface area contributed by atoms with Crippen LogP contribution >= 0.6 is 0 Å². The molecule has 0 aromatic heterocycles. The minimum Gasteiger partial charge on any atom is -0.428 e. The van der Waals surface area contributed by atoms with Crippen LogP contribution in [-0.4, -0.2) is 31.6 Å². The van der Waals surface area contributed by atoms with Gasteiger partial charge >= 0.3 is 18.7 Å². The van der Waals surface area contributed by atoms with Crippen LogP contribution in [0.2, 0.25) is 0 Å². The van der Waals surface area contributed by atoms with Gasteiger partial charge in [-0.05, 0) is 0 Å². The molecule has 1 aliphatic heterocycles. The van der Waals surface area contributed by atoms with Gasteiger partial charge in [-0.25, -0.2) is 13.6 Å². The minimum atomic E-state index is -4.64. The van der Waals surface area contributed by atoms with Crippen LogP contribution in [0.15, 0.2) is 0 Å². The first-order chi connectivity index (χ1) is 5.92. The highest BCUT2D eigenvalue weighted by atomic mass is 19.3. The van der Waals surface area contributed by atoms with Gasteiger partial charge in [-0.15, -0.1) is 0 Å². The Bertz CT molecular complexity index is 207. The van der Waals surface area contributed by atoms with Crippen LogP contribution < -0.4 is 0 Å². The van der Waals surface area contributed by atoms with Gasteiger partial charge in [0, 0.05) is 0 Å². The lowest BCUT2D eigenvalue weighted by Gasteiger charge is -2.17. The van der Waals surface area contributed by atoms with Crippen molar-refractivity contribution in [3.8, 4) is 0 Å². The Labute approximate surface area is 69.4 Å². The second-order valence-electron chi connectivity index (χ2n) is 2.09. The molecule has 0 amide bonds. The van der Waals surface area contributed by atoms with Crippen LogP contribution in [0.25, 0.3) is 0 Å². The summed E-state index contributed by atoms with van der Waals surface area (Å²) in [6, 6.07) is 0. The molecular weight excluding hydrogens is 200 g/mol. The van der Waals surface area contributed by atoms with Crippen molar-refractivity contribution in [2.45, 2.75) is 18.8 Å². The zero-order chi connectivity index (χ0) is 10.1. The third-order valence-electron chi connectivity index (χ3n) is 1.11. The summed E-state index contributed by atoms with van der Waals surface area (Å²) in [5.74, 6) is 0. The number of halogens is 4. The van der Waals surface area contributed by atoms with Crippen molar-refractivity contribution in [3.63, 3.8) is 0 Å². The van der Waals surface area contributed by atoms with Crippen molar-refractivity contribution in [2.75, 3.05) is 6.61 Å². The summed E-state index contributed by atoms with van der Waals surface area (Å²) in [4.78, 5) is 10.2. The number of hydrogen-bond donors (Lipinski definition) is 0. The summed E-state index contributed by atoms with van der Waals surface area (Å²) >= 11 is 0. The van der Waals surface area contributed by atoms with Crippen LogP contribution in [0.5, 0.6) is 0 Å².